The Morgan fingerprint density at radius 1 is 1.38 bits per heavy atom. The van der Waals surface area contributed by atoms with Crippen molar-refractivity contribution in [2.24, 2.45) is 0 Å². The standard InChI is InChI=1S/C13H9ClFN5O/c1-7-5-6-16-13-18-11(19-20(7)13)12(21)17-9-4-2-3-8(14)10(9)15/h2-6H,1H3,(H,17,21). The Morgan fingerprint density at radius 3 is 2.95 bits per heavy atom. The molecular weight excluding hydrogens is 297 g/mol. The summed E-state index contributed by atoms with van der Waals surface area (Å²) >= 11 is 5.66. The molecule has 0 bridgehead atoms. The molecule has 6 nitrogen and oxygen atoms in total. The topological polar surface area (TPSA) is 72.2 Å². The first-order valence-corrected chi connectivity index (χ1v) is 6.38. The molecule has 1 N–H and O–H groups in total. The summed E-state index contributed by atoms with van der Waals surface area (Å²) in [6.07, 6.45) is 1.57. The predicted molar refractivity (Wildman–Crippen MR) is 74.9 cm³/mol. The highest BCUT2D eigenvalue weighted by molar-refractivity contribution is 6.31. The van der Waals surface area contributed by atoms with Crippen molar-refractivity contribution in [1.82, 2.24) is 19.6 Å². The molecule has 1 aromatic carbocycles. The number of fused-ring (bicyclic) bond motifs is 1. The Balaban J connectivity index is 1.94. The van der Waals surface area contributed by atoms with Crippen LogP contribution in [0.1, 0.15) is 16.3 Å². The smallest absolute Gasteiger partial charge is 0.295 e. The van der Waals surface area contributed by atoms with Crippen LogP contribution in [-0.2, 0) is 0 Å². The first kappa shape index (κ1) is 13.4. The van der Waals surface area contributed by atoms with Crippen molar-refractivity contribution in [2.75, 3.05) is 5.32 Å². The molecule has 0 aliphatic carbocycles. The molecule has 106 valence electrons. The summed E-state index contributed by atoms with van der Waals surface area (Å²) in [5.74, 6) is -1.14. The Labute approximate surface area is 123 Å². The average Bonchev–Trinajstić information content (AvgIpc) is 2.89. The summed E-state index contributed by atoms with van der Waals surface area (Å²) in [4.78, 5) is 20.1. The molecule has 0 saturated carbocycles. The molecule has 0 spiro atoms. The fraction of sp³-hybridized carbons (Fsp3) is 0.0769. The van der Waals surface area contributed by atoms with E-state index in [1.807, 2.05) is 6.92 Å². The van der Waals surface area contributed by atoms with E-state index in [1.54, 1.807) is 12.3 Å². The predicted octanol–water partition coefficient (Wildman–Crippen LogP) is 2.48. The minimum Gasteiger partial charge on any atom is -0.317 e. The van der Waals surface area contributed by atoms with Crippen LogP contribution < -0.4 is 5.32 Å². The van der Waals surface area contributed by atoms with E-state index in [4.69, 9.17) is 11.6 Å². The highest BCUT2D eigenvalue weighted by Crippen LogP contribution is 2.22. The third kappa shape index (κ3) is 2.43. The number of halogens is 2. The lowest BCUT2D eigenvalue weighted by atomic mass is 10.3. The number of hydrogen-bond acceptors (Lipinski definition) is 4. The first-order valence-electron chi connectivity index (χ1n) is 6.00. The lowest BCUT2D eigenvalue weighted by Crippen LogP contribution is -2.15. The molecule has 0 atom stereocenters. The summed E-state index contributed by atoms with van der Waals surface area (Å²) in [5, 5.41) is 6.34. The van der Waals surface area contributed by atoms with Gasteiger partial charge in [-0.1, -0.05) is 17.7 Å². The molecule has 0 aliphatic heterocycles. The van der Waals surface area contributed by atoms with Gasteiger partial charge in [-0.25, -0.2) is 13.9 Å². The van der Waals surface area contributed by atoms with Crippen molar-refractivity contribution in [3.8, 4) is 0 Å². The van der Waals surface area contributed by atoms with E-state index >= 15 is 0 Å². The fourth-order valence-corrected chi connectivity index (χ4v) is 1.96. The Kier molecular flexibility index (Phi) is 3.26. The van der Waals surface area contributed by atoms with Crippen LogP contribution in [0.25, 0.3) is 5.78 Å². The fourth-order valence-electron chi connectivity index (χ4n) is 1.78. The molecule has 3 aromatic rings. The normalized spacial score (nSPS) is 10.8. The van der Waals surface area contributed by atoms with Gasteiger partial charge in [0.1, 0.15) is 0 Å². The molecule has 1 amide bonds. The zero-order valence-electron chi connectivity index (χ0n) is 10.8. The van der Waals surface area contributed by atoms with Crippen molar-refractivity contribution in [3.63, 3.8) is 0 Å². The quantitative estimate of drug-likeness (QED) is 0.789. The number of carbonyl (C=O) groups is 1. The second kappa shape index (κ2) is 5.10. The molecular formula is C13H9ClFN5O. The summed E-state index contributed by atoms with van der Waals surface area (Å²) in [6.45, 7) is 1.81. The maximum Gasteiger partial charge on any atom is 0.295 e. The van der Waals surface area contributed by atoms with Gasteiger partial charge in [0.2, 0.25) is 5.82 Å². The largest absolute Gasteiger partial charge is 0.317 e. The number of amides is 1. The molecule has 0 fully saturated rings. The monoisotopic (exact) mass is 305 g/mol. The van der Waals surface area contributed by atoms with Gasteiger partial charge in [-0.3, -0.25) is 4.79 Å². The van der Waals surface area contributed by atoms with E-state index in [0.29, 0.717) is 5.78 Å². The van der Waals surface area contributed by atoms with Gasteiger partial charge in [-0.15, -0.1) is 5.10 Å². The Hall–Kier alpha value is -2.54. The second-order valence-electron chi connectivity index (χ2n) is 4.29. The summed E-state index contributed by atoms with van der Waals surface area (Å²) in [7, 11) is 0. The third-order valence-corrected chi connectivity index (χ3v) is 3.12. The van der Waals surface area contributed by atoms with Crippen LogP contribution in [0.2, 0.25) is 5.02 Å². The van der Waals surface area contributed by atoms with Crippen LogP contribution in [0.4, 0.5) is 10.1 Å². The van der Waals surface area contributed by atoms with E-state index in [0.717, 1.165) is 5.69 Å². The van der Waals surface area contributed by atoms with Gasteiger partial charge in [-0.05, 0) is 25.1 Å². The van der Waals surface area contributed by atoms with Gasteiger partial charge in [0, 0.05) is 11.9 Å². The molecule has 0 unspecified atom stereocenters. The number of nitrogens with zero attached hydrogens (tertiary/aromatic N) is 4. The third-order valence-electron chi connectivity index (χ3n) is 2.83. The van der Waals surface area contributed by atoms with Crippen molar-refractivity contribution in [3.05, 3.63) is 52.8 Å². The zero-order valence-corrected chi connectivity index (χ0v) is 11.6. The number of aromatic nitrogens is 4. The van der Waals surface area contributed by atoms with E-state index in [1.165, 1.54) is 22.7 Å². The summed E-state index contributed by atoms with van der Waals surface area (Å²) < 4.78 is 15.2. The maximum absolute atomic E-state index is 13.7. The minimum absolute atomic E-state index is 0.0314. The van der Waals surface area contributed by atoms with E-state index < -0.39 is 11.7 Å². The molecule has 2 heterocycles. The van der Waals surface area contributed by atoms with Crippen LogP contribution in [0.15, 0.2) is 30.5 Å². The minimum atomic E-state index is -0.703. The van der Waals surface area contributed by atoms with E-state index in [-0.39, 0.29) is 16.5 Å². The van der Waals surface area contributed by atoms with Crippen molar-refractivity contribution in [1.29, 1.82) is 0 Å². The lowest BCUT2D eigenvalue weighted by molar-refractivity contribution is 0.101. The Bertz CT molecular complexity index is 848. The lowest BCUT2D eigenvalue weighted by Gasteiger charge is -2.04. The maximum atomic E-state index is 13.7. The highest BCUT2D eigenvalue weighted by Gasteiger charge is 2.16. The molecule has 3 rings (SSSR count). The van der Waals surface area contributed by atoms with Gasteiger partial charge in [-0.2, -0.15) is 4.98 Å². The summed E-state index contributed by atoms with van der Waals surface area (Å²) in [5.41, 5.74) is 0.747. The van der Waals surface area contributed by atoms with Crippen molar-refractivity contribution >= 4 is 29.0 Å². The number of hydrogen-bond donors (Lipinski definition) is 1. The molecule has 0 radical (unpaired) electrons. The van der Waals surface area contributed by atoms with Gasteiger partial charge < -0.3 is 5.32 Å². The van der Waals surface area contributed by atoms with E-state index in [9.17, 15) is 9.18 Å². The van der Waals surface area contributed by atoms with Crippen LogP contribution in [0.3, 0.4) is 0 Å². The van der Waals surface area contributed by atoms with E-state index in [2.05, 4.69) is 20.4 Å². The summed E-state index contributed by atoms with van der Waals surface area (Å²) in [6, 6.07) is 6.06. The van der Waals surface area contributed by atoms with Crippen LogP contribution in [0, 0.1) is 12.7 Å². The van der Waals surface area contributed by atoms with Crippen LogP contribution in [0.5, 0.6) is 0 Å². The molecule has 0 saturated heterocycles. The number of anilines is 1. The van der Waals surface area contributed by atoms with Crippen molar-refractivity contribution in [2.45, 2.75) is 6.92 Å². The first-order chi connectivity index (χ1) is 10.1. The Morgan fingerprint density at radius 2 is 2.19 bits per heavy atom. The second-order valence-corrected chi connectivity index (χ2v) is 4.70. The number of nitrogens with one attached hydrogen (secondary N) is 1. The average molecular weight is 306 g/mol. The zero-order chi connectivity index (χ0) is 15.0. The van der Waals surface area contributed by atoms with Crippen LogP contribution in [-0.4, -0.2) is 25.5 Å². The SMILES string of the molecule is Cc1ccnc2nc(C(=O)Nc3cccc(Cl)c3F)nn12. The molecule has 2 aromatic heterocycles. The molecule has 0 aliphatic rings. The van der Waals surface area contributed by atoms with Gasteiger partial charge in [0.05, 0.1) is 10.7 Å². The van der Waals surface area contributed by atoms with Gasteiger partial charge >= 0.3 is 0 Å². The number of rotatable bonds is 2. The van der Waals surface area contributed by atoms with Crippen molar-refractivity contribution < 1.29 is 9.18 Å². The van der Waals surface area contributed by atoms with Gasteiger partial charge in [0.25, 0.3) is 11.7 Å². The molecule has 21 heavy (non-hydrogen) atoms. The molecule has 8 heteroatoms. The van der Waals surface area contributed by atoms with Gasteiger partial charge in [0.15, 0.2) is 5.82 Å². The number of carbonyl (C=O) groups excluding carboxylic acids is 1. The van der Waals surface area contributed by atoms with Crippen LogP contribution >= 0.6 is 11.6 Å². The number of benzene rings is 1. The highest BCUT2D eigenvalue weighted by atomic mass is 35.5. The number of aryl methyl sites for hydroxylation is 1.